The predicted octanol–water partition coefficient (Wildman–Crippen LogP) is 3.95. The van der Waals surface area contributed by atoms with Crippen molar-refractivity contribution in [1.29, 1.82) is 0 Å². The van der Waals surface area contributed by atoms with Crippen molar-refractivity contribution in [3.05, 3.63) is 107 Å². The molecule has 5 heteroatoms. The zero-order valence-electron chi connectivity index (χ0n) is 15.0. The lowest BCUT2D eigenvalue weighted by molar-refractivity contribution is -0.661. The summed E-state index contributed by atoms with van der Waals surface area (Å²) in [6.45, 7) is 0.582. The second-order valence-corrected chi connectivity index (χ2v) is 6.78. The van der Waals surface area contributed by atoms with Crippen LogP contribution in [0.2, 0.25) is 0 Å². The van der Waals surface area contributed by atoms with Gasteiger partial charge in [0, 0.05) is 16.3 Å². The van der Waals surface area contributed by atoms with E-state index in [1.165, 1.54) is 16.8 Å². The molecule has 2 aromatic heterocycles. The number of pyridine rings is 1. The lowest BCUT2D eigenvalue weighted by atomic mass is 10.1. The van der Waals surface area contributed by atoms with Crippen molar-refractivity contribution in [2.24, 2.45) is 0 Å². The highest BCUT2D eigenvalue weighted by atomic mass is 19.1. The summed E-state index contributed by atoms with van der Waals surface area (Å²) in [5, 5.41) is 5.24. The first-order valence-electron chi connectivity index (χ1n) is 9.06. The smallest absolute Gasteiger partial charge is 0.284 e. The van der Waals surface area contributed by atoms with Crippen LogP contribution in [0.1, 0.15) is 5.56 Å². The number of nitrogens with one attached hydrogen (secondary N) is 1. The first-order chi connectivity index (χ1) is 13.7. The van der Waals surface area contributed by atoms with Crippen LogP contribution in [0.4, 0.5) is 4.39 Å². The summed E-state index contributed by atoms with van der Waals surface area (Å²) in [5.41, 5.74) is 2.90. The first-order valence-corrected chi connectivity index (χ1v) is 9.06. The Labute approximate surface area is 160 Å². The minimum atomic E-state index is -0.336. The van der Waals surface area contributed by atoms with Gasteiger partial charge in [0.25, 0.3) is 5.52 Å². The number of hydrogen-bond acceptors (Lipinski definition) is 1. The monoisotopic (exact) mass is 370 g/mol. The number of halogens is 1. The largest absolute Gasteiger partial charge is 0.344 e. The quantitative estimate of drug-likeness (QED) is 0.480. The topological polar surface area (TPSA) is 41.7 Å². The van der Waals surface area contributed by atoms with Crippen LogP contribution in [0.5, 0.6) is 0 Å². The third kappa shape index (κ3) is 2.68. The van der Waals surface area contributed by atoms with Crippen molar-refractivity contribution in [3.8, 4) is 5.69 Å². The number of nitrogens with zero attached hydrogens (tertiary/aromatic N) is 2. The molecule has 0 aliphatic rings. The van der Waals surface area contributed by atoms with Gasteiger partial charge < -0.3 is 0 Å². The van der Waals surface area contributed by atoms with E-state index < -0.39 is 0 Å². The zero-order chi connectivity index (χ0) is 19.1. The molecule has 4 nitrogen and oxygen atoms in total. The van der Waals surface area contributed by atoms with Gasteiger partial charge in [0.1, 0.15) is 11.3 Å². The van der Waals surface area contributed by atoms with Gasteiger partial charge in [0.05, 0.1) is 5.69 Å². The van der Waals surface area contributed by atoms with E-state index in [0.717, 1.165) is 21.9 Å². The van der Waals surface area contributed by atoms with Crippen LogP contribution in [-0.4, -0.2) is 9.78 Å². The van der Waals surface area contributed by atoms with Crippen molar-refractivity contribution < 1.29 is 8.96 Å². The van der Waals surface area contributed by atoms with Crippen LogP contribution in [0.15, 0.2) is 89.9 Å². The van der Waals surface area contributed by atoms with Crippen molar-refractivity contribution in [3.63, 3.8) is 0 Å². The van der Waals surface area contributed by atoms with Crippen LogP contribution in [-0.2, 0) is 6.54 Å². The maximum absolute atomic E-state index is 13.3. The molecular weight excluding hydrogens is 353 g/mol. The first kappa shape index (κ1) is 16.4. The molecule has 0 saturated heterocycles. The summed E-state index contributed by atoms with van der Waals surface area (Å²) in [7, 11) is 0. The van der Waals surface area contributed by atoms with Gasteiger partial charge in [-0.1, -0.05) is 48.5 Å². The summed E-state index contributed by atoms with van der Waals surface area (Å²) in [5.74, 6) is -0.336. The molecule has 0 bridgehead atoms. The van der Waals surface area contributed by atoms with Gasteiger partial charge in [0.15, 0.2) is 12.7 Å². The predicted molar refractivity (Wildman–Crippen MR) is 107 cm³/mol. The van der Waals surface area contributed by atoms with Crippen molar-refractivity contribution >= 4 is 21.8 Å². The van der Waals surface area contributed by atoms with Crippen molar-refractivity contribution in [1.82, 2.24) is 9.78 Å². The molecule has 0 atom stereocenters. The molecule has 0 radical (unpaired) electrons. The van der Waals surface area contributed by atoms with E-state index in [2.05, 4.69) is 5.10 Å². The lowest BCUT2D eigenvalue weighted by Crippen LogP contribution is -2.38. The second-order valence-electron chi connectivity index (χ2n) is 6.78. The molecule has 0 aliphatic heterocycles. The van der Waals surface area contributed by atoms with Gasteiger partial charge in [-0.2, -0.15) is 4.57 Å². The highest BCUT2D eigenvalue weighted by Gasteiger charge is 2.22. The molecule has 0 saturated carbocycles. The molecular formula is C23H17FN3O+. The second kappa shape index (κ2) is 6.46. The molecule has 2 heterocycles. The van der Waals surface area contributed by atoms with Gasteiger partial charge >= 0.3 is 5.56 Å². The molecule has 0 fully saturated rings. The molecule has 136 valence electrons. The lowest BCUT2D eigenvalue weighted by Gasteiger charge is -2.02. The summed E-state index contributed by atoms with van der Waals surface area (Å²) in [6, 6.07) is 23.9. The van der Waals surface area contributed by atoms with Crippen LogP contribution >= 0.6 is 0 Å². The fraction of sp³-hybridized carbons (Fsp3) is 0.0435. The van der Waals surface area contributed by atoms with Gasteiger partial charge in [-0.3, -0.25) is 9.89 Å². The number of rotatable bonds is 3. The molecule has 0 amide bonds. The van der Waals surface area contributed by atoms with E-state index in [4.69, 9.17) is 0 Å². The molecule has 5 rings (SSSR count). The van der Waals surface area contributed by atoms with E-state index in [-0.39, 0.29) is 11.4 Å². The van der Waals surface area contributed by atoms with E-state index in [1.54, 1.807) is 12.1 Å². The van der Waals surface area contributed by atoms with Crippen LogP contribution in [0.25, 0.3) is 27.5 Å². The molecule has 3 aromatic carbocycles. The highest BCUT2D eigenvalue weighted by molar-refractivity contribution is 6.01. The maximum Gasteiger partial charge on any atom is 0.344 e. The number of H-pyrrole nitrogens is 1. The normalized spacial score (nSPS) is 11.3. The standard InChI is InChI=1S/C23H16FN3O/c24-18-10-12-19(13-11-18)27-23(28)22-21(25-27)20-9-5-4-8-17(20)15-26(22)14-16-6-2-1-3-7-16/h1-13,15H,14H2/p+1. The molecule has 0 aliphatic carbocycles. The Hall–Kier alpha value is -3.73. The van der Waals surface area contributed by atoms with Crippen LogP contribution in [0.3, 0.4) is 0 Å². The van der Waals surface area contributed by atoms with Crippen LogP contribution < -0.4 is 10.1 Å². The Morgan fingerprint density at radius 3 is 2.39 bits per heavy atom. The fourth-order valence-corrected chi connectivity index (χ4v) is 3.63. The molecule has 0 spiro atoms. The van der Waals surface area contributed by atoms with Gasteiger partial charge in [-0.25, -0.2) is 9.07 Å². The fourth-order valence-electron chi connectivity index (χ4n) is 3.63. The summed E-state index contributed by atoms with van der Waals surface area (Å²) in [6.07, 6.45) is 2.01. The Morgan fingerprint density at radius 2 is 1.61 bits per heavy atom. The van der Waals surface area contributed by atoms with Crippen LogP contribution in [0, 0.1) is 5.82 Å². The summed E-state index contributed by atoms with van der Waals surface area (Å²) >= 11 is 0. The maximum atomic E-state index is 13.3. The van der Waals surface area contributed by atoms with Crippen molar-refractivity contribution in [2.75, 3.05) is 0 Å². The van der Waals surface area contributed by atoms with E-state index in [1.807, 2.05) is 65.4 Å². The van der Waals surface area contributed by atoms with E-state index >= 15 is 0 Å². The van der Waals surface area contributed by atoms with E-state index in [9.17, 15) is 9.18 Å². The molecule has 1 N–H and O–H groups in total. The molecule has 28 heavy (non-hydrogen) atoms. The minimum absolute atomic E-state index is 0.164. The SMILES string of the molecule is O=c1c2c([nH]n1-c1ccc(F)cc1)c1ccccc1c[n+]2Cc1ccccc1. The number of aromatic amines is 1. The average Bonchev–Trinajstić information content (AvgIpc) is 3.07. The average molecular weight is 370 g/mol. The highest BCUT2D eigenvalue weighted by Crippen LogP contribution is 2.20. The van der Waals surface area contributed by atoms with Gasteiger partial charge in [-0.05, 0) is 30.3 Å². The zero-order valence-corrected chi connectivity index (χ0v) is 15.0. The Kier molecular flexibility index (Phi) is 3.79. The van der Waals surface area contributed by atoms with E-state index in [0.29, 0.717) is 17.7 Å². The Bertz CT molecular complexity index is 1350. The number of hydrogen-bond donors (Lipinski definition) is 1. The number of benzene rings is 3. The Morgan fingerprint density at radius 1 is 0.893 bits per heavy atom. The third-order valence-corrected chi connectivity index (χ3v) is 4.96. The third-order valence-electron chi connectivity index (χ3n) is 4.96. The Balaban J connectivity index is 1.81. The van der Waals surface area contributed by atoms with Crippen molar-refractivity contribution in [2.45, 2.75) is 6.54 Å². The summed E-state index contributed by atoms with van der Waals surface area (Å²) < 4.78 is 16.8. The number of aromatic nitrogens is 3. The molecule has 0 unspecified atom stereocenters. The molecule has 5 aromatic rings. The number of fused-ring (bicyclic) bond motifs is 3. The summed E-state index contributed by atoms with van der Waals surface area (Å²) in [4.78, 5) is 13.3. The van der Waals surface area contributed by atoms with Gasteiger partial charge in [0.2, 0.25) is 0 Å². The minimum Gasteiger partial charge on any atom is -0.284 e. The van der Waals surface area contributed by atoms with Gasteiger partial charge in [-0.15, -0.1) is 0 Å².